The topological polar surface area (TPSA) is 33.2 Å². The predicted octanol–water partition coefficient (Wildman–Crippen LogP) is 1.82. The number of hydrogen-bond acceptors (Lipinski definition) is 3. The minimum Gasteiger partial charge on any atom is -0.362 e. The van der Waals surface area contributed by atoms with Gasteiger partial charge >= 0.3 is 0 Å². The summed E-state index contributed by atoms with van der Waals surface area (Å²) in [6, 6.07) is 1.86. The summed E-state index contributed by atoms with van der Waals surface area (Å²) < 4.78 is 0. The molecule has 4 heteroatoms. The standard InChI is InChI=1S/C10H11ClN2O/c1-7-10(11)9(2-4-12-7)13-5-3-8(14)6-13/h2,4H,3,5-6H2,1H3. The molecule has 1 fully saturated rings. The first kappa shape index (κ1) is 9.46. The highest BCUT2D eigenvalue weighted by Gasteiger charge is 2.21. The second-order valence-electron chi connectivity index (χ2n) is 3.44. The second kappa shape index (κ2) is 3.58. The maximum atomic E-state index is 11.1. The first-order chi connectivity index (χ1) is 6.68. The van der Waals surface area contributed by atoms with Crippen LogP contribution in [0, 0.1) is 6.92 Å². The molecule has 0 unspecified atom stereocenters. The Hall–Kier alpha value is -1.09. The van der Waals surface area contributed by atoms with Gasteiger partial charge in [-0.3, -0.25) is 9.78 Å². The molecule has 3 nitrogen and oxygen atoms in total. The van der Waals surface area contributed by atoms with Crippen molar-refractivity contribution in [3.63, 3.8) is 0 Å². The molecule has 1 aromatic heterocycles. The number of rotatable bonds is 1. The van der Waals surface area contributed by atoms with E-state index in [0.29, 0.717) is 18.0 Å². The maximum absolute atomic E-state index is 11.1. The quantitative estimate of drug-likeness (QED) is 0.709. The van der Waals surface area contributed by atoms with Gasteiger partial charge < -0.3 is 4.90 Å². The minimum absolute atomic E-state index is 0.274. The predicted molar refractivity (Wildman–Crippen MR) is 55.8 cm³/mol. The van der Waals surface area contributed by atoms with Crippen molar-refractivity contribution in [3.05, 3.63) is 23.0 Å². The zero-order valence-electron chi connectivity index (χ0n) is 7.96. The smallest absolute Gasteiger partial charge is 0.153 e. The summed E-state index contributed by atoms with van der Waals surface area (Å²) in [5.41, 5.74) is 1.73. The molecule has 0 spiro atoms. The Morgan fingerprint density at radius 1 is 1.57 bits per heavy atom. The van der Waals surface area contributed by atoms with Crippen LogP contribution in [0.15, 0.2) is 12.3 Å². The van der Waals surface area contributed by atoms with Crippen LogP contribution in [0.5, 0.6) is 0 Å². The number of Topliss-reactive ketones (excluding diaryl/α,β-unsaturated/α-hetero) is 1. The van der Waals surface area contributed by atoms with Crippen LogP contribution >= 0.6 is 11.6 Å². The van der Waals surface area contributed by atoms with Gasteiger partial charge in [-0.1, -0.05) is 11.6 Å². The monoisotopic (exact) mass is 210 g/mol. The van der Waals surface area contributed by atoms with E-state index in [2.05, 4.69) is 4.98 Å². The van der Waals surface area contributed by atoms with E-state index in [4.69, 9.17) is 11.6 Å². The summed E-state index contributed by atoms with van der Waals surface area (Å²) in [5, 5.41) is 0.655. The highest BCUT2D eigenvalue weighted by atomic mass is 35.5. The summed E-state index contributed by atoms with van der Waals surface area (Å²) >= 11 is 6.11. The molecule has 2 rings (SSSR count). The number of halogens is 1. The summed E-state index contributed by atoms with van der Waals surface area (Å²) in [5.74, 6) is 0.274. The summed E-state index contributed by atoms with van der Waals surface area (Å²) in [6.45, 7) is 3.11. The molecule has 0 bridgehead atoms. The van der Waals surface area contributed by atoms with E-state index in [0.717, 1.165) is 17.9 Å². The van der Waals surface area contributed by atoms with E-state index < -0.39 is 0 Å². The van der Waals surface area contributed by atoms with Gasteiger partial charge in [0, 0.05) is 19.2 Å². The van der Waals surface area contributed by atoms with Crippen molar-refractivity contribution in [2.75, 3.05) is 18.0 Å². The van der Waals surface area contributed by atoms with Crippen molar-refractivity contribution in [3.8, 4) is 0 Å². The molecule has 0 aromatic carbocycles. The summed E-state index contributed by atoms with van der Waals surface area (Å²) in [6.07, 6.45) is 2.34. The van der Waals surface area contributed by atoms with E-state index >= 15 is 0 Å². The van der Waals surface area contributed by atoms with Gasteiger partial charge in [0.15, 0.2) is 5.78 Å². The first-order valence-corrected chi connectivity index (χ1v) is 4.94. The molecular formula is C10H11ClN2O. The molecule has 74 valence electrons. The minimum atomic E-state index is 0.274. The van der Waals surface area contributed by atoms with Gasteiger partial charge in [-0.05, 0) is 13.0 Å². The average Bonchev–Trinajstić information content (AvgIpc) is 2.57. The maximum Gasteiger partial charge on any atom is 0.153 e. The van der Waals surface area contributed by atoms with E-state index in [1.807, 2.05) is 17.9 Å². The number of anilines is 1. The van der Waals surface area contributed by atoms with Crippen molar-refractivity contribution in [1.29, 1.82) is 0 Å². The summed E-state index contributed by atoms with van der Waals surface area (Å²) in [4.78, 5) is 17.2. The molecule has 0 saturated carbocycles. The van der Waals surface area contributed by atoms with E-state index in [1.165, 1.54) is 0 Å². The molecule has 2 heterocycles. The van der Waals surface area contributed by atoms with Gasteiger partial charge in [0.25, 0.3) is 0 Å². The van der Waals surface area contributed by atoms with E-state index in [1.54, 1.807) is 6.20 Å². The number of hydrogen-bond donors (Lipinski definition) is 0. The first-order valence-electron chi connectivity index (χ1n) is 4.56. The van der Waals surface area contributed by atoms with Crippen LogP contribution in [-0.4, -0.2) is 23.9 Å². The lowest BCUT2D eigenvalue weighted by molar-refractivity contribution is -0.116. The Bertz CT molecular complexity index is 378. The van der Waals surface area contributed by atoms with Crippen LogP contribution < -0.4 is 4.90 Å². The molecule has 0 N–H and O–H groups in total. The molecule has 1 aliphatic rings. The molecule has 1 aromatic rings. The number of nitrogens with zero attached hydrogens (tertiary/aromatic N) is 2. The highest BCUT2D eigenvalue weighted by molar-refractivity contribution is 6.33. The fraction of sp³-hybridized carbons (Fsp3) is 0.400. The highest BCUT2D eigenvalue weighted by Crippen LogP contribution is 2.28. The molecular weight excluding hydrogens is 200 g/mol. The van der Waals surface area contributed by atoms with Gasteiger partial charge in [0.1, 0.15) is 0 Å². The van der Waals surface area contributed by atoms with Crippen LogP contribution in [0.2, 0.25) is 5.02 Å². The number of aromatic nitrogens is 1. The van der Waals surface area contributed by atoms with Crippen LogP contribution in [0.1, 0.15) is 12.1 Å². The van der Waals surface area contributed by atoms with Crippen molar-refractivity contribution in [2.24, 2.45) is 0 Å². The molecule has 0 radical (unpaired) electrons. The van der Waals surface area contributed by atoms with E-state index in [-0.39, 0.29) is 5.78 Å². The largest absolute Gasteiger partial charge is 0.362 e. The Labute approximate surface area is 87.7 Å². The average molecular weight is 211 g/mol. The number of ketones is 1. The van der Waals surface area contributed by atoms with Gasteiger partial charge in [0.2, 0.25) is 0 Å². The number of carbonyl (C=O) groups is 1. The Morgan fingerprint density at radius 3 is 3.00 bits per heavy atom. The fourth-order valence-corrected chi connectivity index (χ4v) is 1.85. The van der Waals surface area contributed by atoms with E-state index in [9.17, 15) is 4.79 Å². The van der Waals surface area contributed by atoms with Crippen LogP contribution in [-0.2, 0) is 4.79 Å². The van der Waals surface area contributed by atoms with Crippen LogP contribution in [0.4, 0.5) is 5.69 Å². The number of pyridine rings is 1. The molecule has 0 atom stereocenters. The van der Waals surface area contributed by atoms with Gasteiger partial charge in [-0.25, -0.2) is 0 Å². The number of aryl methyl sites for hydroxylation is 1. The molecule has 14 heavy (non-hydrogen) atoms. The Balaban J connectivity index is 2.32. The lowest BCUT2D eigenvalue weighted by atomic mass is 10.3. The Kier molecular flexibility index (Phi) is 2.42. The third-order valence-corrected chi connectivity index (χ3v) is 2.88. The second-order valence-corrected chi connectivity index (χ2v) is 3.82. The molecule has 0 aliphatic carbocycles. The van der Waals surface area contributed by atoms with Crippen LogP contribution in [0.25, 0.3) is 0 Å². The zero-order chi connectivity index (χ0) is 10.1. The molecule has 1 saturated heterocycles. The van der Waals surface area contributed by atoms with Crippen molar-refractivity contribution < 1.29 is 4.79 Å². The normalized spacial score (nSPS) is 16.4. The van der Waals surface area contributed by atoms with Crippen molar-refractivity contribution in [2.45, 2.75) is 13.3 Å². The van der Waals surface area contributed by atoms with Crippen LogP contribution in [0.3, 0.4) is 0 Å². The van der Waals surface area contributed by atoms with Gasteiger partial charge in [-0.15, -0.1) is 0 Å². The number of carbonyl (C=O) groups excluding carboxylic acids is 1. The zero-order valence-corrected chi connectivity index (χ0v) is 8.71. The summed E-state index contributed by atoms with van der Waals surface area (Å²) in [7, 11) is 0. The van der Waals surface area contributed by atoms with Crippen molar-refractivity contribution >= 4 is 23.1 Å². The third-order valence-electron chi connectivity index (χ3n) is 2.41. The lowest BCUT2D eigenvalue weighted by Crippen LogP contribution is -2.20. The lowest BCUT2D eigenvalue weighted by Gasteiger charge is -2.18. The fourth-order valence-electron chi connectivity index (χ4n) is 1.62. The molecule has 0 amide bonds. The third kappa shape index (κ3) is 1.60. The van der Waals surface area contributed by atoms with Gasteiger partial charge in [0.05, 0.1) is 22.9 Å². The van der Waals surface area contributed by atoms with Crippen molar-refractivity contribution in [1.82, 2.24) is 4.98 Å². The SMILES string of the molecule is Cc1nccc(N2CCC(=O)C2)c1Cl. The van der Waals surface area contributed by atoms with Gasteiger partial charge in [-0.2, -0.15) is 0 Å². The Morgan fingerprint density at radius 2 is 2.36 bits per heavy atom. The molecule has 1 aliphatic heterocycles.